The molecule has 110 valence electrons. The van der Waals surface area contributed by atoms with E-state index >= 15 is 0 Å². The van der Waals surface area contributed by atoms with Crippen molar-refractivity contribution in [3.63, 3.8) is 0 Å². The molecule has 0 fully saturated rings. The highest BCUT2D eigenvalue weighted by atomic mass is 16.5. The first-order chi connectivity index (χ1) is 9.49. The van der Waals surface area contributed by atoms with Crippen molar-refractivity contribution in [3.05, 3.63) is 29.8 Å². The van der Waals surface area contributed by atoms with E-state index in [9.17, 15) is 9.59 Å². The van der Waals surface area contributed by atoms with Gasteiger partial charge in [0.25, 0.3) is 0 Å². The number of benzene rings is 1. The van der Waals surface area contributed by atoms with E-state index in [4.69, 9.17) is 9.84 Å². The van der Waals surface area contributed by atoms with Crippen LogP contribution < -0.4 is 10.1 Å². The van der Waals surface area contributed by atoms with Crippen LogP contribution in [-0.4, -0.2) is 48.8 Å². The number of aryl methyl sites for hydroxylation is 1. The number of aliphatic carboxylic acids is 1. The van der Waals surface area contributed by atoms with Crippen molar-refractivity contribution in [1.29, 1.82) is 0 Å². The zero-order chi connectivity index (χ0) is 15.0. The Morgan fingerprint density at radius 1 is 1.40 bits per heavy atom. The Balaban J connectivity index is 2.23. The van der Waals surface area contributed by atoms with Gasteiger partial charge in [0, 0.05) is 13.6 Å². The second-order valence-electron chi connectivity index (χ2n) is 4.46. The van der Waals surface area contributed by atoms with Gasteiger partial charge in [-0.05, 0) is 24.6 Å². The van der Waals surface area contributed by atoms with Gasteiger partial charge in [0.1, 0.15) is 12.4 Å². The van der Waals surface area contributed by atoms with Crippen molar-refractivity contribution in [1.82, 2.24) is 10.2 Å². The van der Waals surface area contributed by atoms with E-state index in [2.05, 4.69) is 5.32 Å². The number of urea groups is 1. The fourth-order valence-corrected chi connectivity index (χ4v) is 1.52. The normalized spacial score (nSPS) is 9.90. The van der Waals surface area contributed by atoms with Crippen molar-refractivity contribution in [2.24, 2.45) is 0 Å². The van der Waals surface area contributed by atoms with Crippen LogP contribution in [0.25, 0.3) is 0 Å². The summed E-state index contributed by atoms with van der Waals surface area (Å²) in [7, 11) is 1.63. The lowest BCUT2D eigenvalue weighted by Crippen LogP contribution is -2.40. The van der Waals surface area contributed by atoms with Gasteiger partial charge in [0.15, 0.2) is 0 Å². The van der Waals surface area contributed by atoms with Crippen LogP contribution in [0.4, 0.5) is 4.79 Å². The summed E-state index contributed by atoms with van der Waals surface area (Å²) in [5.41, 5.74) is 1.11. The zero-order valence-corrected chi connectivity index (χ0v) is 11.8. The van der Waals surface area contributed by atoms with E-state index in [0.29, 0.717) is 13.2 Å². The van der Waals surface area contributed by atoms with Crippen LogP contribution in [0.15, 0.2) is 24.3 Å². The van der Waals surface area contributed by atoms with Gasteiger partial charge in [-0.1, -0.05) is 12.1 Å². The molecule has 2 amide bonds. The number of hydrogen-bond donors (Lipinski definition) is 2. The van der Waals surface area contributed by atoms with Crippen molar-refractivity contribution in [2.75, 3.05) is 26.7 Å². The topological polar surface area (TPSA) is 78.9 Å². The third kappa shape index (κ3) is 6.08. The number of nitrogens with zero attached hydrogens (tertiary/aromatic N) is 1. The van der Waals surface area contributed by atoms with Crippen molar-refractivity contribution < 1.29 is 19.4 Å². The molecule has 6 nitrogen and oxygen atoms in total. The summed E-state index contributed by atoms with van der Waals surface area (Å²) in [6, 6.07) is 7.37. The van der Waals surface area contributed by atoms with E-state index in [1.54, 1.807) is 7.05 Å². The summed E-state index contributed by atoms with van der Waals surface area (Å²) < 4.78 is 5.53. The maximum Gasteiger partial charge on any atom is 0.317 e. The molecule has 1 aromatic carbocycles. The molecule has 0 radical (unpaired) electrons. The van der Waals surface area contributed by atoms with Gasteiger partial charge in [-0.25, -0.2) is 4.79 Å². The van der Waals surface area contributed by atoms with Gasteiger partial charge in [-0.15, -0.1) is 0 Å². The number of carbonyl (C=O) groups is 2. The maximum absolute atomic E-state index is 11.6. The van der Waals surface area contributed by atoms with Crippen LogP contribution in [0, 0.1) is 6.92 Å². The van der Waals surface area contributed by atoms with Crippen LogP contribution in [0.5, 0.6) is 5.75 Å². The van der Waals surface area contributed by atoms with Gasteiger partial charge < -0.3 is 20.1 Å². The standard InChI is InChI=1S/C14H20N2O4/c1-11-4-3-5-12(10-11)20-9-8-16(2)14(19)15-7-6-13(17)18/h3-5,10H,6-9H2,1-2H3,(H,15,19)(H,17,18). The van der Waals surface area contributed by atoms with Gasteiger partial charge in [0.05, 0.1) is 13.0 Å². The number of ether oxygens (including phenoxy) is 1. The number of amides is 2. The molecule has 0 aromatic heterocycles. The Morgan fingerprint density at radius 3 is 2.80 bits per heavy atom. The lowest BCUT2D eigenvalue weighted by Gasteiger charge is -2.18. The average Bonchev–Trinajstić information content (AvgIpc) is 2.38. The monoisotopic (exact) mass is 280 g/mol. The lowest BCUT2D eigenvalue weighted by atomic mass is 10.2. The molecule has 2 N–H and O–H groups in total. The summed E-state index contributed by atoms with van der Waals surface area (Å²) in [5, 5.41) is 11.0. The second kappa shape index (κ2) is 8.04. The van der Waals surface area contributed by atoms with E-state index in [0.717, 1.165) is 11.3 Å². The highest BCUT2D eigenvalue weighted by Gasteiger charge is 2.08. The van der Waals surface area contributed by atoms with Crippen LogP contribution in [0.3, 0.4) is 0 Å². The summed E-state index contributed by atoms with van der Waals surface area (Å²) >= 11 is 0. The minimum atomic E-state index is -0.935. The van der Waals surface area contributed by atoms with Crippen molar-refractivity contribution in [3.8, 4) is 5.75 Å². The molecule has 0 heterocycles. The predicted octanol–water partition coefficient (Wildman–Crippen LogP) is 1.49. The number of rotatable bonds is 7. The third-order valence-corrected chi connectivity index (χ3v) is 2.65. The Bertz CT molecular complexity index is 462. The average molecular weight is 280 g/mol. The molecule has 1 aromatic rings. The van der Waals surface area contributed by atoms with Crippen LogP contribution in [0.1, 0.15) is 12.0 Å². The molecule has 0 unspecified atom stereocenters. The number of likely N-dealkylation sites (N-methyl/N-ethyl adjacent to an activating group) is 1. The van der Waals surface area contributed by atoms with Crippen molar-refractivity contribution >= 4 is 12.0 Å². The van der Waals surface area contributed by atoms with Crippen molar-refractivity contribution in [2.45, 2.75) is 13.3 Å². The fraction of sp³-hybridized carbons (Fsp3) is 0.429. The van der Waals surface area contributed by atoms with E-state index in [1.165, 1.54) is 4.90 Å². The maximum atomic E-state index is 11.6. The Morgan fingerprint density at radius 2 is 2.15 bits per heavy atom. The molecule has 0 saturated heterocycles. The van der Waals surface area contributed by atoms with Gasteiger partial charge in [-0.2, -0.15) is 0 Å². The van der Waals surface area contributed by atoms with Crippen LogP contribution in [0.2, 0.25) is 0 Å². The summed E-state index contributed by atoms with van der Waals surface area (Å²) in [6.45, 7) is 2.91. The SMILES string of the molecule is Cc1cccc(OCCN(C)C(=O)NCCC(=O)O)c1. The van der Waals surface area contributed by atoms with Gasteiger partial charge >= 0.3 is 12.0 Å². The largest absolute Gasteiger partial charge is 0.492 e. The molecular weight excluding hydrogens is 260 g/mol. The first-order valence-electron chi connectivity index (χ1n) is 6.39. The number of hydrogen-bond acceptors (Lipinski definition) is 3. The van der Waals surface area contributed by atoms with E-state index < -0.39 is 5.97 Å². The van der Waals surface area contributed by atoms with Gasteiger partial charge in [0.2, 0.25) is 0 Å². The molecule has 6 heteroatoms. The molecule has 0 aliphatic carbocycles. The number of carboxylic acid groups (broad SMARTS) is 1. The molecule has 20 heavy (non-hydrogen) atoms. The summed E-state index contributed by atoms with van der Waals surface area (Å²) in [5.74, 6) is -0.166. The van der Waals surface area contributed by atoms with Gasteiger partial charge in [-0.3, -0.25) is 4.79 Å². The molecular formula is C14H20N2O4. The van der Waals surface area contributed by atoms with Crippen LogP contribution in [-0.2, 0) is 4.79 Å². The highest BCUT2D eigenvalue weighted by molar-refractivity contribution is 5.74. The minimum Gasteiger partial charge on any atom is -0.492 e. The predicted molar refractivity (Wildman–Crippen MR) is 75.0 cm³/mol. The molecule has 0 atom stereocenters. The minimum absolute atomic E-state index is 0.0840. The molecule has 0 saturated carbocycles. The van der Waals surface area contributed by atoms with Crippen LogP contribution >= 0.6 is 0 Å². The Labute approximate surface area is 118 Å². The number of nitrogens with one attached hydrogen (secondary N) is 1. The summed E-state index contributed by atoms with van der Waals surface area (Å²) in [6.07, 6.45) is -0.0840. The number of carbonyl (C=O) groups excluding carboxylic acids is 1. The van der Waals surface area contributed by atoms with E-state index in [1.807, 2.05) is 31.2 Å². The molecule has 1 rings (SSSR count). The number of carboxylic acids is 1. The lowest BCUT2D eigenvalue weighted by molar-refractivity contribution is -0.136. The third-order valence-electron chi connectivity index (χ3n) is 2.65. The fourth-order valence-electron chi connectivity index (χ4n) is 1.52. The first kappa shape index (κ1) is 15.8. The quantitative estimate of drug-likeness (QED) is 0.793. The second-order valence-corrected chi connectivity index (χ2v) is 4.46. The Hall–Kier alpha value is -2.24. The molecule has 0 aliphatic heterocycles. The first-order valence-corrected chi connectivity index (χ1v) is 6.39. The summed E-state index contributed by atoms with van der Waals surface area (Å²) in [4.78, 5) is 23.4. The Kier molecular flexibility index (Phi) is 6.36. The highest BCUT2D eigenvalue weighted by Crippen LogP contribution is 2.11. The van der Waals surface area contributed by atoms with E-state index in [-0.39, 0.29) is 19.0 Å². The zero-order valence-electron chi connectivity index (χ0n) is 11.8. The molecule has 0 aliphatic rings. The molecule has 0 bridgehead atoms. The smallest absolute Gasteiger partial charge is 0.317 e. The molecule has 0 spiro atoms.